The summed E-state index contributed by atoms with van der Waals surface area (Å²) in [6.07, 6.45) is 2.46. The van der Waals surface area contributed by atoms with Crippen molar-refractivity contribution in [1.82, 2.24) is 14.7 Å². The van der Waals surface area contributed by atoms with Crippen LogP contribution in [0.2, 0.25) is 0 Å². The van der Waals surface area contributed by atoms with E-state index in [1.165, 1.54) is 0 Å². The molecule has 0 unspecified atom stereocenters. The molecule has 0 saturated carbocycles. The highest BCUT2D eigenvalue weighted by atomic mass is 16.3. The number of aliphatic hydroxyl groups excluding tert-OH is 1. The first-order chi connectivity index (χ1) is 10.2. The average molecular weight is 287 g/mol. The fourth-order valence-electron chi connectivity index (χ4n) is 2.32. The Morgan fingerprint density at radius 1 is 1.33 bits per heavy atom. The molecular weight excluding hydrogens is 266 g/mol. The van der Waals surface area contributed by atoms with E-state index in [-0.39, 0.29) is 12.5 Å². The van der Waals surface area contributed by atoms with Crippen LogP contribution in [0.1, 0.15) is 28.5 Å². The molecule has 5 nitrogen and oxygen atoms in total. The van der Waals surface area contributed by atoms with Gasteiger partial charge in [0.2, 0.25) is 0 Å². The lowest BCUT2D eigenvalue weighted by Crippen LogP contribution is -2.33. The predicted octanol–water partition coefficient (Wildman–Crippen LogP) is 1.62. The van der Waals surface area contributed by atoms with Gasteiger partial charge < -0.3 is 10.0 Å². The lowest BCUT2D eigenvalue weighted by Gasteiger charge is -2.21. The van der Waals surface area contributed by atoms with Gasteiger partial charge in [0, 0.05) is 26.3 Å². The minimum atomic E-state index is -0.0853. The van der Waals surface area contributed by atoms with Gasteiger partial charge in [-0.05, 0) is 12.0 Å². The third-order valence-electron chi connectivity index (χ3n) is 3.34. The Morgan fingerprint density at radius 2 is 2.05 bits per heavy atom. The van der Waals surface area contributed by atoms with Crippen molar-refractivity contribution in [3.63, 3.8) is 0 Å². The maximum absolute atomic E-state index is 12.7. The number of rotatable bonds is 6. The quantitative estimate of drug-likeness (QED) is 0.878. The SMILES string of the molecule is CCc1nn(C)cc1C(=O)N(CCO)Cc1ccccc1. The Morgan fingerprint density at radius 3 is 2.67 bits per heavy atom. The van der Waals surface area contributed by atoms with Crippen LogP contribution in [0.25, 0.3) is 0 Å². The summed E-state index contributed by atoms with van der Waals surface area (Å²) in [4.78, 5) is 14.4. The zero-order valence-electron chi connectivity index (χ0n) is 12.5. The molecular formula is C16H21N3O2. The van der Waals surface area contributed by atoms with Gasteiger partial charge in [-0.25, -0.2) is 0 Å². The Bertz CT molecular complexity index is 593. The molecule has 21 heavy (non-hydrogen) atoms. The van der Waals surface area contributed by atoms with Gasteiger partial charge in [0.15, 0.2) is 0 Å². The molecule has 112 valence electrons. The highest BCUT2D eigenvalue weighted by Gasteiger charge is 2.20. The van der Waals surface area contributed by atoms with Crippen LogP contribution in [0.5, 0.6) is 0 Å². The van der Waals surface area contributed by atoms with Gasteiger partial charge in [0.1, 0.15) is 0 Å². The van der Waals surface area contributed by atoms with Gasteiger partial charge in [-0.2, -0.15) is 5.10 Å². The third kappa shape index (κ3) is 3.70. The van der Waals surface area contributed by atoms with Crippen LogP contribution in [-0.4, -0.2) is 38.8 Å². The minimum absolute atomic E-state index is 0.0553. The van der Waals surface area contributed by atoms with E-state index in [0.717, 1.165) is 11.3 Å². The summed E-state index contributed by atoms with van der Waals surface area (Å²) in [5.41, 5.74) is 2.45. The summed E-state index contributed by atoms with van der Waals surface area (Å²) in [7, 11) is 1.81. The Balaban J connectivity index is 2.22. The molecule has 2 aromatic rings. The number of carbonyl (C=O) groups is 1. The van der Waals surface area contributed by atoms with Gasteiger partial charge in [0.05, 0.1) is 17.9 Å². The van der Waals surface area contributed by atoms with Crippen molar-refractivity contribution in [3.8, 4) is 0 Å². The second kappa shape index (κ2) is 7.04. The van der Waals surface area contributed by atoms with Crippen LogP contribution in [0.3, 0.4) is 0 Å². The number of aliphatic hydroxyl groups is 1. The number of benzene rings is 1. The van der Waals surface area contributed by atoms with E-state index in [0.29, 0.717) is 25.1 Å². The Labute approximate surface area is 124 Å². The Hall–Kier alpha value is -2.14. The standard InChI is InChI=1S/C16H21N3O2/c1-3-15-14(12-18(2)17-15)16(21)19(9-10-20)11-13-7-5-4-6-8-13/h4-8,12,20H,3,9-11H2,1-2H3. The normalized spacial score (nSPS) is 10.6. The molecule has 0 saturated heterocycles. The largest absolute Gasteiger partial charge is 0.395 e. The van der Waals surface area contributed by atoms with Crippen molar-refractivity contribution in [2.45, 2.75) is 19.9 Å². The maximum Gasteiger partial charge on any atom is 0.257 e. The summed E-state index contributed by atoms with van der Waals surface area (Å²) in [5.74, 6) is -0.0853. The van der Waals surface area contributed by atoms with E-state index in [2.05, 4.69) is 5.10 Å². The highest BCUT2D eigenvalue weighted by Crippen LogP contribution is 2.13. The number of amides is 1. The van der Waals surface area contributed by atoms with Crippen LogP contribution in [0.15, 0.2) is 36.5 Å². The summed E-state index contributed by atoms with van der Waals surface area (Å²) < 4.78 is 1.66. The second-order valence-electron chi connectivity index (χ2n) is 4.95. The number of nitrogens with zero attached hydrogens (tertiary/aromatic N) is 3. The molecule has 1 amide bonds. The maximum atomic E-state index is 12.7. The van der Waals surface area contributed by atoms with Gasteiger partial charge in [0.25, 0.3) is 5.91 Å². The fourth-order valence-corrected chi connectivity index (χ4v) is 2.32. The first kappa shape index (κ1) is 15.3. The average Bonchev–Trinajstić information content (AvgIpc) is 2.88. The summed E-state index contributed by atoms with van der Waals surface area (Å²) in [6.45, 7) is 2.72. The monoisotopic (exact) mass is 287 g/mol. The van der Waals surface area contributed by atoms with Gasteiger partial charge in [-0.15, -0.1) is 0 Å². The molecule has 0 aliphatic rings. The minimum Gasteiger partial charge on any atom is -0.395 e. The predicted molar refractivity (Wildman–Crippen MR) is 80.9 cm³/mol. The zero-order chi connectivity index (χ0) is 15.2. The number of aromatic nitrogens is 2. The molecule has 1 heterocycles. The molecule has 0 radical (unpaired) electrons. The summed E-state index contributed by atoms with van der Waals surface area (Å²) >= 11 is 0. The van der Waals surface area contributed by atoms with Gasteiger partial charge in [-0.1, -0.05) is 37.3 Å². The van der Waals surface area contributed by atoms with Crippen LogP contribution in [0, 0.1) is 0 Å². The van der Waals surface area contributed by atoms with Gasteiger partial charge >= 0.3 is 0 Å². The first-order valence-corrected chi connectivity index (χ1v) is 7.12. The number of hydrogen-bond donors (Lipinski definition) is 1. The molecule has 1 aromatic carbocycles. The smallest absolute Gasteiger partial charge is 0.257 e. The second-order valence-corrected chi connectivity index (χ2v) is 4.95. The van der Waals surface area contributed by atoms with Crippen LogP contribution in [0.4, 0.5) is 0 Å². The Kier molecular flexibility index (Phi) is 5.11. The van der Waals surface area contributed by atoms with Crippen molar-refractivity contribution in [1.29, 1.82) is 0 Å². The highest BCUT2D eigenvalue weighted by molar-refractivity contribution is 5.95. The molecule has 1 aromatic heterocycles. The van der Waals surface area contributed by atoms with Crippen LogP contribution in [-0.2, 0) is 20.0 Å². The van der Waals surface area contributed by atoms with Crippen molar-refractivity contribution < 1.29 is 9.90 Å². The molecule has 0 atom stereocenters. The van der Waals surface area contributed by atoms with Crippen molar-refractivity contribution >= 4 is 5.91 Å². The fraction of sp³-hybridized carbons (Fsp3) is 0.375. The van der Waals surface area contributed by atoms with E-state index in [1.807, 2.05) is 44.3 Å². The van der Waals surface area contributed by atoms with E-state index in [9.17, 15) is 9.90 Å². The lowest BCUT2D eigenvalue weighted by molar-refractivity contribution is 0.0706. The zero-order valence-corrected chi connectivity index (χ0v) is 12.5. The van der Waals surface area contributed by atoms with E-state index < -0.39 is 0 Å². The molecule has 0 aliphatic carbocycles. The van der Waals surface area contributed by atoms with Crippen LogP contribution >= 0.6 is 0 Å². The topological polar surface area (TPSA) is 58.4 Å². The summed E-state index contributed by atoms with van der Waals surface area (Å²) in [6, 6.07) is 9.78. The molecule has 5 heteroatoms. The third-order valence-corrected chi connectivity index (χ3v) is 3.34. The molecule has 0 aliphatic heterocycles. The number of hydrogen-bond acceptors (Lipinski definition) is 3. The van der Waals surface area contributed by atoms with E-state index >= 15 is 0 Å². The van der Waals surface area contributed by atoms with Crippen LogP contribution < -0.4 is 0 Å². The van der Waals surface area contributed by atoms with Crippen molar-refractivity contribution in [3.05, 3.63) is 53.3 Å². The van der Waals surface area contributed by atoms with E-state index in [1.54, 1.807) is 15.8 Å². The van der Waals surface area contributed by atoms with E-state index in [4.69, 9.17) is 0 Å². The number of carbonyl (C=O) groups excluding carboxylic acids is 1. The molecule has 2 rings (SSSR count). The molecule has 0 spiro atoms. The lowest BCUT2D eigenvalue weighted by atomic mass is 10.1. The molecule has 0 fully saturated rings. The first-order valence-electron chi connectivity index (χ1n) is 7.12. The number of aryl methyl sites for hydroxylation is 2. The van der Waals surface area contributed by atoms with Crippen molar-refractivity contribution in [2.75, 3.05) is 13.2 Å². The van der Waals surface area contributed by atoms with Crippen molar-refractivity contribution in [2.24, 2.45) is 7.05 Å². The molecule has 0 bridgehead atoms. The molecule has 1 N–H and O–H groups in total. The van der Waals surface area contributed by atoms with Gasteiger partial charge in [-0.3, -0.25) is 9.48 Å². The summed E-state index contributed by atoms with van der Waals surface area (Å²) in [5, 5.41) is 13.5.